The van der Waals surface area contributed by atoms with Crippen molar-refractivity contribution in [1.82, 2.24) is 10.6 Å². The van der Waals surface area contributed by atoms with E-state index in [2.05, 4.69) is 17.6 Å². The van der Waals surface area contributed by atoms with Crippen molar-refractivity contribution >= 4 is 22.1 Å². The van der Waals surface area contributed by atoms with Crippen LogP contribution in [0.2, 0.25) is 0 Å². The lowest BCUT2D eigenvalue weighted by molar-refractivity contribution is -0.128. The summed E-state index contributed by atoms with van der Waals surface area (Å²) in [6.07, 6.45) is 6.19. The fourth-order valence-corrected chi connectivity index (χ4v) is 9.40. The third-order valence-corrected chi connectivity index (χ3v) is 11.8. The molecule has 2 saturated carbocycles. The van der Waals surface area contributed by atoms with E-state index in [1.165, 1.54) is 12.5 Å². The Labute approximate surface area is 295 Å². The van der Waals surface area contributed by atoms with Crippen molar-refractivity contribution in [1.29, 1.82) is 0 Å². The van der Waals surface area contributed by atoms with Gasteiger partial charge in [0.1, 0.15) is 24.1 Å². The van der Waals surface area contributed by atoms with Gasteiger partial charge in [0.25, 0.3) is 0 Å². The average Bonchev–Trinajstić information content (AvgIpc) is 3.34. The highest BCUT2D eigenvalue weighted by molar-refractivity contribution is 7.84. The number of carbonyl (C=O) groups excluding carboxylic acids is 2. The van der Waals surface area contributed by atoms with Crippen LogP contribution in [0.25, 0.3) is 0 Å². The third-order valence-electron chi connectivity index (χ3n) is 11.4. The summed E-state index contributed by atoms with van der Waals surface area (Å²) in [7, 11) is -4.08. The highest BCUT2D eigenvalue weighted by Gasteiger charge is 2.57. The molecule has 0 saturated heterocycles. The molecule has 3 aliphatic carbocycles. The fraction of sp³-hybridized carbons (Fsp3) is 0.487. The van der Waals surface area contributed by atoms with Gasteiger partial charge in [-0.15, -0.1) is 0 Å². The van der Waals surface area contributed by atoms with Gasteiger partial charge in [0, 0.05) is 19.9 Å². The van der Waals surface area contributed by atoms with Crippen molar-refractivity contribution in [2.75, 3.05) is 6.54 Å². The van der Waals surface area contributed by atoms with Crippen molar-refractivity contribution in [3.05, 3.63) is 95.1 Å². The summed E-state index contributed by atoms with van der Waals surface area (Å²) < 4.78 is 33.7. The molecule has 268 valence electrons. The SMILES string of the molecule is CC(=O)N[C@@H](Cc1ccc(OCc2ccccc2)cc1)C(=O)NCCC[C@H]1CC2C3CCc4cc(OS(N)(=O)=O)ccc4C3CC[C@]2(C)[C@H]1O. The van der Waals surface area contributed by atoms with E-state index in [0.717, 1.165) is 67.4 Å². The van der Waals surface area contributed by atoms with Crippen LogP contribution in [0.3, 0.4) is 0 Å². The van der Waals surface area contributed by atoms with Crippen molar-refractivity contribution in [2.45, 2.75) is 89.9 Å². The summed E-state index contributed by atoms with van der Waals surface area (Å²) in [6, 6.07) is 22.3. The molecule has 11 heteroatoms. The molecule has 2 amide bonds. The maximum atomic E-state index is 13.2. The van der Waals surface area contributed by atoms with Gasteiger partial charge in [0.2, 0.25) is 11.8 Å². The number of nitrogens with two attached hydrogens (primary N) is 1. The monoisotopic (exact) mass is 703 g/mol. The van der Waals surface area contributed by atoms with Gasteiger partial charge in [-0.2, -0.15) is 13.6 Å². The maximum absolute atomic E-state index is 13.2. The lowest BCUT2D eigenvalue weighted by Crippen LogP contribution is -2.47. The highest BCUT2D eigenvalue weighted by Crippen LogP contribution is 2.62. The van der Waals surface area contributed by atoms with Crippen LogP contribution in [0.4, 0.5) is 0 Å². The molecule has 3 aromatic carbocycles. The van der Waals surface area contributed by atoms with E-state index >= 15 is 0 Å². The number of carbonyl (C=O) groups is 2. The van der Waals surface area contributed by atoms with E-state index < -0.39 is 22.4 Å². The fourth-order valence-electron chi connectivity index (χ4n) is 9.02. The predicted molar refractivity (Wildman–Crippen MR) is 190 cm³/mol. The standard InChI is InChI=1S/C39H49N3O7S/c1-25(43)42-36(21-26-10-13-30(14-11-26)48-24-27-7-4-3-5-8-27)38(45)41-20-6-9-29-23-35-34-16-12-28-22-31(49-50(40,46)47)15-17-32(28)33(34)18-19-39(35,2)37(29)44/h3-5,7-8,10-11,13-15,17,22,29,33-37,44H,6,9,12,16,18-21,23-24H2,1-2H3,(H,41,45)(H,42,43)(H2,40,46,47)/t29-,33?,34?,35?,36-,37-,39-/m0/s1. The Morgan fingerprint density at radius 3 is 2.48 bits per heavy atom. The minimum absolute atomic E-state index is 0.151. The van der Waals surface area contributed by atoms with Crippen molar-refractivity contribution < 1.29 is 32.0 Å². The molecule has 10 nitrogen and oxygen atoms in total. The smallest absolute Gasteiger partial charge is 0.380 e. The molecular formula is C39H49N3O7S. The average molecular weight is 704 g/mol. The molecule has 0 aromatic heterocycles. The van der Waals surface area contributed by atoms with Crippen LogP contribution in [-0.4, -0.2) is 44.0 Å². The van der Waals surface area contributed by atoms with Gasteiger partial charge in [0.15, 0.2) is 0 Å². The molecular weight excluding hydrogens is 655 g/mol. The van der Waals surface area contributed by atoms with Crippen LogP contribution in [0.5, 0.6) is 11.5 Å². The van der Waals surface area contributed by atoms with Gasteiger partial charge in [-0.25, -0.2) is 0 Å². The zero-order chi connectivity index (χ0) is 35.5. The Kier molecular flexibility index (Phi) is 10.9. The lowest BCUT2D eigenvalue weighted by Gasteiger charge is -2.50. The normalized spacial score (nSPS) is 26.1. The van der Waals surface area contributed by atoms with Crippen LogP contribution >= 0.6 is 0 Å². The summed E-state index contributed by atoms with van der Waals surface area (Å²) in [6.45, 7) is 4.60. The predicted octanol–water partition coefficient (Wildman–Crippen LogP) is 4.93. The summed E-state index contributed by atoms with van der Waals surface area (Å²) in [5.41, 5.74) is 4.21. The zero-order valence-electron chi connectivity index (χ0n) is 28.8. The number of hydrogen-bond acceptors (Lipinski definition) is 7. The second-order valence-electron chi connectivity index (χ2n) is 14.6. The van der Waals surface area contributed by atoms with Crippen LogP contribution in [0.1, 0.15) is 80.5 Å². The van der Waals surface area contributed by atoms with E-state index in [1.54, 1.807) is 12.1 Å². The van der Waals surface area contributed by atoms with Gasteiger partial charge >= 0.3 is 10.3 Å². The number of amides is 2. The van der Waals surface area contributed by atoms with Gasteiger partial charge in [-0.3, -0.25) is 9.59 Å². The molecule has 7 atom stereocenters. The summed E-state index contributed by atoms with van der Waals surface area (Å²) >= 11 is 0. The molecule has 3 aromatic rings. The molecule has 0 aliphatic heterocycles. The summed E-state index contributed by atoms with van der Waals surface area (Å²) in [4.78, 5) is 25.2. The number of ether oxygens (including phenoxy) is 1. The topological polar surface area (TPSA) is 157 Å². The highest BCUT2D eigenvalue weighted by atomic mass is 32.2. The van der Waals surface area contributed by atoms with Crippen LogP contribution < -0.4 is 24.7 Å². The van der Waals surface area contributed by atoms with E-state index in [-0.39, 0.29) is 28.9 Å². The number of rotatable bonds is 13. The molecule has 0 bridgehead atoms. The van der Waals surface area contributed by atoms with Crippen molar-refractivity contribution in [3.63, 3.8) is 0 Å². The zero-order valence-corrected chi connectivity index (χ0v) is 29.7. The molecule has 0 spiro atoms. The van der Waals surface area contributed by atoms with Crippen molar-refractivity contribution in [3.8, 4) is 11.5 Å². The van der Waals surface area contributed by atoms with Crippen molar-refractivity contribution in [2.24, 2.45) is 28.3 Å². The van der Waals surface area contributed by atoms with E-state index in [9.17, 15) is 23.1 Å². The molecule has 0 radical (unpaired) electrons. The van der Waals surface area contributed by atoms with Gasteiger partial charge < -0.3 is 24.7 Å². The Bertz CT molecular complexity index is 1770. The van der Waals surface area contributed by atoms with Gasteiger partial charge in [-0.05, 0) is 121 Å². The second kappa shape index (κ2) is 15.1. The molecule has 50 heavy (non-hydrogen) atoms. The molecule has 6 rings (SSSR count). The van der Waals surface area contributed by atoms with E-state index in [0.29, 0.717) is 37.3 Å². The lowest BCUT2D eigenvalue weighted by atomic mass is 9.55. The Hall–Kier alpha value is -3.93. The Morgan fingerprint density at radius 1 is 1.02 bits per heavy atom. The number of aliphatic hydroxyl groups excluding tert-OH is 1. The van der Waals surface area contributed by atoms with Crippen LogP contribution in [0, 0.1) is 23.2 Å². The molecule has 3 aliphatic rings. The first-order valence-corrected chi connectivity index (χ1v) is 19.2. The molecule has 0 heterocycles. The Balaban J connectivity index is 1.000. The first kappa shape index (κ1) is 35.9. The summed E-state index contributed by atoms with van der Waals surface area (Å²) in [5, 5.41) is 22.5. The van der Waals surface area contributed by atoms with Crippen LogP contribution in [-0.2, 0) is 39.3 Å². The number of fused-ring (bicyclic) bond motifs is 5. The number of aliphatic hydroxyl groups is 1. The molecule has 3 unspecified atom stereocenters. The maximum Gasteiger partial charge on any atom is 0.380 e. The van der Waals surface area contributed by atoms with E-state index in [1.807, 2.05) is 60.7 Å². The first-order chi connectivity index (χ1) is 23.9. The quantitative estimate of drug-likeness (QED) is 0.184. The number of benzene rings is 3. The largest absolute Gasteiger partial charge is 0.489 e. The number of nitrogens with one attached hydrogen (secondary N) is 2. The second-order valence-corrected chi connectivity index (χ2v) is 15.8. The van der Waals surface area contributed by atoms with Crippen LogP contribution in [0.15, 0.2) is 72.8 Å². The minimum atomic E-state index is -4.08. The van der Waals surface area contributed by atoms with Gasteiger partial charge in [-0.1, -0.05) is 55.5 Å². The third kappa shape index (κ3) is 8.33. The first-order valence-electron chi connectivity index (χ1n) is 17.7. The molecule has 5 N–H and O–H groups in total. The molecule has 2 fully saturated rings. The Morgan fingerprint density at radius 2 is 1.76 bits per heavy atom. The number of aryl methyl sites for hydroxylation is 1. The number of hydrogen-bond donors (Lipinski definition) is 4. The minimum Gasteiger partial charge on any atom is -0.489 e. The summed E-state index contributed by atoms with van der Waals surface area (Å²) in [5.74, 6) is 1.86. The van der Waals surface area contributed by atoms with Gasteiger partial charge in [0.05, 0.1) is 6.10 Å². The van der Waals surface area contributed by atoms with E-state index in [4.69, 9.17) is 14.1 Å².